The predicted molar refractivity (Wildman–Crippen MR) is 102 cm³/mol. The lowest BCUT2D eigenvalue weighted by molar-refractivity contribution is -0.383. The van der Waals surface area contributed by atoms with E-state index in [-0.39, 0.29) is 17.3 Å². The van der Waals surface area contributed by atoms with Crippen molar-refractivity contribution in [2.75, 3.05) is 16.2 Å². The molecule has 9 heteroatoms. The Bertz CT molecular complexity index is 936. The maximum atomic E-state index is 11.6. The number of hydrazine groups is 1. The maximum Gasteiger partial charge on any atom is 0.355 e. The summed E-state index contributed by atoms with van der Waals surface area (Å²) in [6.45, 7) is 1.86. The molecule has 2 aromatic carbocycles. The van der Waals surface area contributed by atoms with Crippen LogP contribution in [0.4, 0.5) is 28.7 Å². The van der Waals surface area contributed by atoms with Gasteiger partial charge in [-0.3, -0.25) is 21.0 Å². The molecule has 3 N–H and O–H groups in total. The lowest BCUT2D eigenvalue weighted by atomic mass is 10.2. The van der Waals surface area contributed by atoms with Crippen molar-refractivity contribution in [2.24, 2.45) is 0 Å². The quantitative estimate of drug-likeness (QED) is 0.432. The second-order valence-electron chi connectivity index (χ2n) is 5.38. The van der Waals surface area contributed by atoms with E-state index >= 15 is 0 Å². The lowest BCUT2D eigenvalue weighted by Crippen LogP contribution is -2.13. The number of benzene rings is 2. The molecule has 0 fully saturated rings. The van der Waals surface area contributed by atoms with Crippen LogP contribution in [0, 0.1) is 17.0 Å². The van der Waals surface area contributed by atoms with E-state index < -0.39 is 4.92 Å². The van der Waals surface area contributed by atoms with E-state index in [9.17, 15) is 10.1 Å². The van der Waals surface area contributed by atoms with Gasteiger partial charge in [-0.25, -0.2) is 9.97 Å². The third-order valence-electron chi connectivity index (χ3n) is 3.56. The van der Waals surface area contributed by atoms with Gasteiger partial charge in [0.1, 0.15) is 6.33 Å². The van der Waals surface area contributed by atoms with Gasteiger partial charge in [0.15, 0.2) is 0 Å². The van der Waals surface area contributed by atoms with Crippen LogP contribution >= 0.6 is 11.6 Å². The number of halogens is 1. The summed E-state index contributed by atoms with van der Waals surface area (Å²) in [5.74, 6) is 0.101. The Labute approximate surface area is 154 Å². The zero-order valence-corrected chi connectivity index (χ0v) is 14.5. The number of nitrogens with zero attached hydrogens (tertiary/aromatic N) is 3. The molecule has 1 heterocycles. The molecule has 0 atom stereocenters. The van der Waals surface area contributed by atoms with Crippen LogP contribution < -0.4 is 16.2 Å². The number of nitro groups is 1. The van der Waals surface area contributed by atoms with Gasteiger partial charge in [-0.2, -0.15) is 0 Å². The Morgan fingerprint density at radius 3 is 2.50 bits per heavy atom. The smallest absolute Gasteiger partial charge is 0.334 e. The largest absolute Gasteiger partial charge is 0.355 e. The van der Waals surface area contributed by atoms with E-state index in [1.165, 1.54) is 6.33 Å². The first-order chi connectivity index (χ1) is 12.5. The molecule has 0 aliphatic heterocycles. The van der Waals surface area contributed by atoms with E-state index in [1.807, 2.05) is 43.3 Å². The molecule has 132 valence electrons. The monoisotopic (exact) mass is 370 g/mol. The number of rotatable bonds is 6. The van der Waals surface area contributed by atoms with Crippen molar-refractivity contribution in [3.05, 3.63) is 75.6 Å². The highest BCUT2D eigenvalue weighted by molar-refractivity contribution is 6.30. The SMILES string of the molecule is Cc1ccc(Cl)cc1Nc1ncnc(NNc2ccccc2)c1[N+](=O)[O-]. The molecule has 8 nitrogen and oxygen atoms in total. The van der Waals surface area contributed by atoms with Gasteiger partial charge in [0.05, 0.1) is 10.6 Å². The zero-order valence-electron chi connectivity index (χ0n) is 13.7. The van der Waals surface area contributed by atoms with E-state index in [1.54, 1.807) is 12.1 Å². The number of para-hydroxylation sites is 1. The van der Waals surface area contributed by atoms with Gasteiger partial charge in [-0.05, 0) is 36.8 Å². The normalized spacial score (nSPS) is 10.2. The minimum Gasteiger partial charge on any atom is -0.334 e. The molecule has 3 aromatic rings. The number of anilines is 4. The van der Waals surface area contributed by atoms with Crippen molar-refractivity contribution >= 4 is 40.3 Å². The highest BCUT2D eigenvalue weighted by Crippen LogP contribution is 2.32. The van der Waals surface area contributed by atoms with Crippen molar-refractivity contribution < 1.29 is 4.92 Å². The van der Waals surface area contributed by atoms with Crippen molar-refractivity contribution in [1.29, 1.82) is 0 Å². The fraction of sp³-hybridized carbons (Fsp3) is 0.0588. The summed E-state index contributed by atoms with van der Waals surface area (Å²) in [5, 5.41) is 15.1. The van der Waals surface area contributed by atoms with Crippen molar-refractivity contribution in [1.82, 2.24) is 9.97 Å². The topological polar surface area (TPSA) is 105 Å². The molecular weight excluding hydrogens is 356 g/mol. The molecule has 0 unspecified atom stereocenters. The zero-order chi connectivity index (χ0) is 18.5. The average molecular weight is 371 g/mol. The van der Waals surface area contributed by atoms with E-state index in [0.717, 1.165) is 11.3 Å². The predicted octanol–water partition coefficient (Wildman–Crippen LogP) is 4.53. The van der Waals surface area contributed by atoms with Crippen molar-refractivity contribution in [3.63, 3.8) is 0 Å². The summed E-state index contributed by atoms with van der Waals surface area (Å²) >= 11 is 6.01. The fourth-order valence-electron chi connectivity index (χ4n) is 2.24. The second kappa shape index (κ2) is 7.66. The second-order valence-corrected chi connectivity index (χ2v) is 5.81. The minimum atomic E-state index is -0.544. The van der Waals surface area contributed by atoms with Crippen molar-refractivity contribution in [2.45, 2.75) is 6.92 Å². The first-order valence-electron chi connectivity index (χ1n) is 7.64. The molecule has 0 aliphatic carbocycles. The van der Waals surface area contributed by atoms with Crippen LogP contribution in [0.2, 0.25) is 5.02 Å². The van der Waals surface area contributed by atoms with Crippen LogP contribution in [0.5, 0.6) is 0 Å². The van der Waals surface area contributed by atoms with Crippen LogP contribution in [0.1, 0.15) is 5.56 Å². The first kappa shape index (κ1) is 17.4. The number of aryl methyl sites for hydroxylation is 1. The number of hydrogen-bond acceptors (Lipinski definition) is 7. The van der Waals surface area contributed by atoms with Gasteiger partial charge in [0.2, 0.25) is 11.6 Å². The summed E-state index contributed by atoms with van der Waals surface area (Å²) < 4.78 is 0. The molecule has 26 heavy (non-hydrogen) atoms. The van der Waals surface area contributed by atoms with Gasteiger partial charge in [0.25, 0.3) is 0 Å². The number of aromatic nitrogens is 2. The minimum absolute atomic E-state index is 0.0380. The highest BCUT2D eigenvalue weighted by atomic mass is 35.5. The van der Waals surface area contributed by atoms with Crippen LogP contribution in [0.15, 0.2) is 54.9 Å². The molecule has 0 radical (unpaired) electrons. The Hall–Kier alpha value is -3.39. The van der Waals surface area contributed by atoms with Crippen molar-refractivity contribution in [3.8, 4) is 0 Å². The summed E-state index contributed by atoms with van der Waals surface area (Å²) in [6.07, 6.45) is 1.24. The van der Waals surface area contributed by atoms with E-state index in [2.05, 4.69) is 26.1 Å². The molecular formula is C17H15ClN6O2. The summed E-state index contributed by atoms with van der Waals surface area (Å²) in [4.78, 5) is 19.0. The molecule has 3 rings (SSSR count). The third-order valence-corrected chi connectivity index (χ3v) is 3.79. The average Bonchev–Trinajstić information content (AvgIpc) is 2.63. The Kier molecular flexibility index (Phi) is 5.14. The van der Waals surface area contributed by atoms with Crippen LogP contribution in [0.25, 0.3) is 0 Å². The van der Waals surface area contributed by atoms with E-state index in [0.29, 0.717) is 10.7 Å². The Morgan fingerprint density at radius 2 is 1.77 bits per heavy atom. The molecule has 0 saturated heterocycles. The van der Waals surface area contributed by atoms with Crippen LogP contribution in [-0.4, -0.2) is 14.9 Å². The molecule has 1 aromatic heterocycles. The summed E-state index contributed by atoms with van der Waals surface area (Å²) in [6, 6.07) is 14.4. The standard InChI is InChI=1S/C17H15ClN6O2/c1-11-7-8-12(18)9-14(11)21-16-15(24(25)26)17(20-10-19-16)23-22-13-5-3-2-4-6-13/h2-10,22H,1H3,(H2,19,20,21,23). The Balaban J connectivity index is 1.91. The fourth-order valence-corrected chi connectivity index (χ4v) is 2.42. The van der Waals surface area contributed by atoms with Crippen LogP contribution in [-0.2, 0) is 0 Å². The van der Waals surface area contributed by atoms with Crippen LogP contribution in [0.3, 0.4) is 0 Å². The van der Waals surface area contributed by atoms with Gasteiger partial charge >= 0.3 is 5.69 Å². The lowest BCUT2D eigenvalue weighted by Gasteiger charge is -2.12. The third kappa shape index (κ3) is 3.98. The molecule has 0 amide bonds. The summed E-state index contributed by atoms with van der Waals surface area (Å²) in [7, 11) is 0. The van der Waals surface area contributed by atoms with Gasteiger partial charge in [-0.1, -0.05) is 35.9 Å². The van der Waals surface area contributed by atoms with Gasteiger partial charge < -0.3 is 5.32 Å². The maximum absolute atomic E-state index is 11.6. The molecule has 0 spiro atoms. The first-order valence-corrected chi connectivity index (χ1v) is 8.02. The Morgan fingerprint density at radius 1 is 1.04 bits per heavy atom. The van der Waals surface area contributed by atoms with E-state index in [4.69, 9.17) is 11.6 Å². The molecule has 0 saturated carbocycles. The summed E-state index contributed by atoms with van der Waals surface area (Å²) in [5.41, 5.74) is 7.58. The number of nitrogens with one attached hydrogen (secondary N) is 3. The highest BCUT2D eigenvalue weighted by Gasteiger charge is 2.23. The van der Waals surface area contributed by atoms with Gasteiger partial charge in [-0.15, -0.1) is 0 Å². The molecule has 0 bridgehead atoms. The molecule has 0 aliphatic rings. The van der Waals surface area contributed by atoms with Gasteiger partial charge in [0, 0.05) is 10.7 Å². The number of hydrogen-bond donors (Lipinski definition) is 3.